The van der Waals surface area contributed by atoms with E-state index in [-0.39, 0.29) is 17.9 Å². The number of aliphatic hydroxyl groups excluding tert-OH is 1. The molecule has 2 unspecified atom stereocenters. The van der Waals surface area contributed by atoms with Crippen molar-refractivity contribution in [3.63, 3.8) is 0 Å². The van der Waals surface area contributed by atoms with Crippen LogP contribution in [-0.4, -0.2) is 31.5 Å². The fourth-order valence-corrected chi connectivity index (χ4v) is 7.06. The van der Waals surface area contributed by atoms with Gasteiger partial charge in [0.25, 0.3) is 0 Å². The molecule has 1 aromatic carbocycles. The summed E-state index contributed by atoms with van der Waals surface area (Å²) in [5.41, 5.74) is 2.68. The van der Waals surface area contributed by atoms with Gasteiger partial charge in [0.05, 0.1) is 36.0 Å². The number of fused-ring (bicyclic) bond motifs is 3. The van der Waals surface area contributed by atoms with Crippen molar-refractivity contribution in [2.24, 2.45) is 23.7 Å². The molecule has 0 spiro atoms. The molecule has 2 aromatic rings. The Labute approximate surface area is 153 Å². The molecule has 136 valence electrons. The van der Waals surface area contributed by atoms with Gasteiger partial charge in [-0.05, 0) is 61.3 Å². The maximum Gasteiger partial charge on any atom is 0.0962 e. The molecule has 2 N–H and O–H groups in total. The molecule has 4 bridgehead atoms. The Kier molecular flexibility index (Phi) is 3.08. The molecular weight excluding hydrogens is 324 g/mol. The molecule has 0 saturated heterocycles. The third kappa shape index (κ3) is 1.89. The summed E-state index contributed by atoms with van der Waals surface area (Å²) >= 11 is 0. The van der Waals surface area contributed by atoms with Gasteiger partial charge in [0, 0.05) is 12.0 Å². The summed E-state index contributed by atoms with van der Waals surface area (Å²) < 4.78 is 2.17. The van der Waals surface area contributed by atoms with Crippen LogP contribution in [0.1, 0.15) is 50.1 Å². The van der Waals surface area contributed by atoms with Gasteiger partial charge in [0.15, 0.2) is 0 Å². The molecule has 4 fully saturated rings. The van der Waals surface area contributed by atoms with Crippen molar-refractivity contribution in [2.45, 2.75) is 56.3 Å². The van der Waals surface area contributed by atoms with Crippen LogP contribution >= 0.6 is 0 Å². The fourth-order valence-electron chi connectivity index (χ4n) is 7.06. The first kappa shape index (κ1) is 15.4. The molecule has 5 aliphatic rings. The predicted octanol–water partition coefficient (Wildman–Crippen LogP) is 3.39. The van der Waals surface area contributed by atoms with Crippen LogP contribution in [0, 0.1) is 23.7 Å². The largest absolute Gasteiger partial charge is 0.390 e. The first-order valence-corrected chi connectivity index (χ1v) is 10.2. The molecule has 1 aliphatic heterocycles. The Morgan fingerprint density at radius 2 is 1.77 bits per heavy atom. The second-order valence-electron chi connectivity index (χ2n) is 9.23. The van der Waals surface area contributed by atoms with E-state index in [9.17, 15) is 10.2 Å². The van der Waals surface area contributed by atoms with Crippen molar-refractivity contribution >= 4 is 0 Å². The molecule has 0 radical (unpaired) electrons. The minimum Gasteiger partial charge on any atom is -0.390 e. The summed E-state index contributed by atoms with van der Waals surface area (Å²) in [5.74, 6) is 2.15. The van der Waals surface area contributed by atoms with Crippen molar-refractivity contribution in [3.05, 3.63) is 42.4 Å². The van der Waals surface area contributed by atoms with Gasteiger partial charge in [-0.25, -0.2) is 4.98 Å². The van der Waals surface area contributed by atoms with E-state index in [1.54, 1.807) is 0 Å². The van der Waals surface area contributed by atoms with Crippen molar-refractivity contribution < 1.29 is 10.2 Å². The molecule has 0 amide bonds. The van der Waals surface area contributed by atoms with Crippen LogP contribution < -0.4 is 0 Å². The Bertz CT molecular complexity index is 829. The van der Waals surface area contributed by atoms with Crippen molar-refractivity contribution in [3.8, 4) is 11.3 Å². The Morgan fingerprint density at radius 3 is 2.50 bits per heavy atom. The van der Waals surface area contributed by atoms with E-state index < -0.39 is 11.7 Å². The van der Waals surface area contributed by atoms with Crippen molar-refractivity contribution in [1.29, 1.82) is 0 Å². The lowest BCUT2D eigenvalue weighted by atomic mass is 9.48. The third-order valence-corrected chi connectivity index (χ3v) is 8.02. The molecule has 1 aromatic heterocycles. The Hall–Kier alpha value is -1.65. The van der Waals surface area contributed by atoms with Crippen molar-refractivity contribution in [1.82, 2.24) is 9.55 Å². The van der Waals surface area contributed by atoms with Crippen LogP contribution in [0.5, 0.6) is 0 Å². The van der Waals surface area contributed by atoms with E-state index in [4.69, 9.17) is 0 Å². The molecular formula is C22H26N2O2. The van der Waals surface area contributed by atoms with Crippen LogP contribution in [0.4, 0.5) is 0 Å². The number of aliphatic hydroxyl groups is 2. The number of hydrogen-bond acceptors (Lipinski definition) is 3. The summed E-state index contributed by atoms with van der Waals surface area (Å²) in [6.45, 7) is 0. The molecule has 4 nitrogen and oxygen atoms in total. The second-order valence-corrected chi connectivity index (χ2v) is 9.23. The molecule has 2 atom stereocenters. The molecule has 2 heterocycles. The monoisotopic (exact) mass is 350 g/mol. The average Bonchev–Trinajstić information content (AvgIpc) is 3.22. The number of rotatable bonds is 3. The highest BCUT2D eigenvalue weighted by Crippen LogP contribution is 2.60. The number of benzene rings is 1. The molecule has 7 rings (SSSR count). The third-order valence-electron chi connectivity index (χ3n) is 8.02. The lowest BCUT2D eigenvalue weighted by Gasteiger charge is -2.60. The fraction of sp³-hybridized carbons (Fsp3) is 0.591. The zero-order chi connectivity index (χ0) is 17.5. The zero-order valence-corrected chi connectivity index (χ0v) is 15.0. The smallest absolute Gasteiger partial charge is 0.0962 e. The minimum absolute atomic E-state index is 0.0694. The summed E-state index contributed by atoms with van der Waals surface area (Å²) in [6, 6.07) is 8.48. The van der Waals surface area contributed by atoms with Crippen LogP contribution in [0.2, 0.25) is 0 Å². The standard InChI is InChI=1S/C22H26N2O2/c25-21(22(26)15-6-13-5-14(8-15)9-16(22)7-13)10-19-17-3-1-2-4-18(17)20-11-23-12-24(19)20/h1-4,11-16,19,21,25-26H,5-10H2. The summed E-state index contributed by atoms with van der Waals surface area (Å²) in [4.78, 5) is 4.32. The van der Waals surface area contributed by atoms with Crippen LogP contribution in [0.3, 0.4) is 0 Å². The molecule has 4 saturated carbocycles. The summed E-state index contributed by atoms with van der Waals surface area (Å²) in [5, 5.41) is 23.0. The van der Waals surface area contributed by atoms with Crippen LogP contribution in [0.15, 0.2) is 36.8 Å². The first-order chi connectivity index (χ1) is 12.6. The van der Waals surface area contributed by atoms with Crippen molar-refractivity contribution in [2.75, 3.05) is 0 Å². The van der Waals surface area contributed by atoms with Gasteiger partial charge in [-0.2, -0.15) is 0 Å². The highest BCUT2D eigenvalue weighted by molar-refractivity contribution is 5.68. The van der Waals surface area contributed by atoms with Gasteiger partial charge in [-0.15, -0.1) is 0 Å². The van der Waals surface area contributed by atoms with E-state index in [0.29, 0.717) is 6.42 Å². The first-order valence-electron chi connectivity index (χ1n) is 10.2. The highest BCUT2D eigenvalue weighted by Gasteiger charge is 2.59. The van der Waals surface area contributed by atoms with Gasteiger partial charge >= 0.3 is 0 Å². The normalized spacial score (nSPS) is 40.5. The number of hydrogen-bond donors (Lipinski definition) is 2. The summed E-state index contributed by atoms with van der Waals surface area (Å²) in [7, 11) is 0. The van der Waals surface area contributed by atoms with E-state index >= 15 is 0 Å². The average molecular weight is 350 g/mol. The molecule has 4 aliphatic carbocycles. The Balaban J connectivity index is 1.34. The number of aromatic nitrogens is 2. The van der Waals surface area contributed by atoms with Gasteiger partial charge in [0.2, 0.25) is 0 Å². The predicted molar refractivity (Wildman–Crippen MR) is 98.4 cm³/mol. The number of imidazole rings is 1. The van der Waals surface area contributed by atoms with Crippen LogP contribution in [0.25, 0.3) is 11.3 Å². The maximum atomic E-state index is 11.7. The molecule has 4 heteroatoms. The highest BCUT2D eigenvalue weighted by atomic mass is 16.3. The van der Waals surface area contributed by atoms with Gasteiger partial charge in [-0.1, -0.05) is 24.3 Å². The quantitative estimate of drug-likeness (QED) is 0.892. The maximum absolute atomic E-state index is 11.7. The molecule has 26 heavy (non-hydrogen) atoms. The Morgan fingerprint density at radius 1 is 1.08 bits per heavy atom. The summed E-state index contributed by atoms with van der Waals surface area (Å²) in [6.07, 6.45) is 9.46. The zero-order valence-electron chi connectivity index (χ0n) is 15.0. The number of nitrogens with zero attached hydrogens (tertiary/aromatic N) is 2. The van der Waals surface area contributed by atoms with E-state index in [1.165, 1.54) is 17.5 Å². The lowest BCUT2D eigenvalue weighted by molar-refractivity contribution is -0.223. The van der Waals surface area contributed by atoms with E-state index in [2.05, 4.69) is 33.8 Å². The van der Waals surface area contributed by atoms with E-state index in [1.807, 2.05) is 12.5 Å². The SMILES string of the molecule is OC(CC1c2ccccc2-c2cncn21)C1(O)C2CC3CC(C2)CC1C3. The second kappa shape index (κ2) is 5.20. The minimum atomic E-state index is -0.897. The topological polar surface area (TPSA) is 58.3 Å². The van der Waals surface area contributed by atoms with Crippen LogP contribution in [-0.2, 0) is 0 Å². The van der Waals surface area contributed by atoms with E-state index in [0.717, 1.165) is 43.2 Å². The lowest BCUT2D eigenvalue weighted by Crippen LogP contribution is -2.63. The van der Waals surface area contributed by atoms with Gasteiger partial charge in [0.1, 0.15) is 0 Å². The van der Waals surface area contributed by atoms with Gasteiger partial charge in [-0.3, -0.25) is 0 Å². The van der Waals surface area contributed by atoms with Gasteiger partial charge < -0.3 is 14.8 Å².